The number of rotatable bonds is 3. The molecule has 106 valence electrons. The van der Waals surface area contributed by atoms with Crippen LogP contribution in [0.5, 0.6) is 5.75 Å². The molecule has 0 bridgehead atoms. The third-order valence-electron chi connectivity index (χ3n) is 3.90. The molecular weight excluding hydrogens is 238 g/mol. The van der Waals surface area contributed by atoms with E-state index >= 15 is 0 Å². The molecule has 1 unspecified atom stereocenters. The number of benzene rings is 1. The van der Waals surface area contributed by atoms with Crippen molar-refractivity contribution in [3.05, 3.63) is 29.3 Å². The van der Waals surface area contributed by atoms with Crippen LogP contribution >= 0.6 is 0 Å². The lowest BCUT2D eigenvalue weighted by atomic mass is 9.81. The summed E-state index contributed by atoms with van der Waals surface area (Å²) in [6.45, 7) is 10.0. The van der Waals surface area contributed by atoms with Crippen molar-refractivity contribution >= 4 is 0 Å². The van der Waals surface area contributed by atoms with E-state index in [9.17, 15) is 0 Å². The molecule has 0 spiro atoms. The van der Waals surface area contributed by atoms with Crippen molar-refractivity contribution < 1.29 is 9.47 Å². The maximum absolute atomic E-state index is 5.75. The molecule has 19 heavy (non-hydrogen) atoms. The maximum Gasteiger partial charge on any atom is 0.122 e. The highest BCUT2D eigenvalue weighted by Gasteiger charge is 2.31. The standard InChI is InChI=1S/C16H25NO2/c1-12(2)13-5-6-15(18-4)14(9-13)16(3)10-17-7-8-19-11-16/h5-6,9,12,17H,7-8,10-11H2,1-4H3. The van der Waals surface area contributed by atoms with Crippen LogP contribution in [0.25, 0.3) is 0 Å². The monoisotopic (exact) mass is 263 g/mol. The van der Waals surface area contributed by atoms with Gasteiger partial charge in [-0.1, -0.05) is 32.9 Å². The molecule has 3 nitrogen and oxygen atoms in total. The molecule has 3 heteroatoms. The summed E-state index contributed by atoms with van der Waals surface area (Å²) in [5.41, 5.74) is 2.56. The van der Waals surface area contributed by atoms with E-state index in [1.165, 1.54) is 11.1 Å². The molecule has 1 aliphatic heterocycles. The highest BCUT2D eigenvalue weighted by molar-refractivity contribution is 5.43. The molecule has 1 aromatic rings. The Morgan fingerprint density at radius 2 is 2.16 bits per heavy atom. The lowest BCUT2D eigenvalue weighted by Gasteiger charge is -2.30. The van der Waals surface area contributed by atoms with E-state index in [0.717, 1.165) is 32.1 Å². The van der Waals surface area contributed by atoms with E-state index in [1.54, 1.807) is 7.11 Å². The van der Waals surface area contributed by atoms with Crippen molar-refractivity contribution in [3.63, 3.8) is 0 Å². The lowest BCUT2D eigenvalue weighted by molar-refractivity contribution is 0.112. The zero-order valence-corrected chi connectivity index (χ0v) is 12.5. The van der Waals surface area contributed by atoms with E-state index in [-0.39, 0.29) is 5.41 Å². The third-order valence-corrected chi connectivity index (χ3v) is 3.90. The molecule has 2 rings (SSSR count). The summed E-state index contributed by atoms with van der Waals surface area (Å²) in [4.78, 5) is 0. The third kappa shape index (κ3) is 3.10. The summed E-state index contributed by atoms with van der Waals surface area (Å²) >= 11 is 0. The van der Waals surface area contributed by atoms with Gasteiger partial charge in [0, 0.05) is 24.1 Å². The van der Waals surface area contributed by atoms with E-state index in [0.29, 0.717) is 5.92 Å². The van der Waals surface area contributed by atoms with Crippen LogP contribution in [0.15, 0.2) is 18.2 Å². The second kappa shape index (κ2) is 5.93. The Morgan fingerprint density at radius 1 is 1.37 bits per heavy atom. The Hall–Kier alpha value is -1.06. The second-order valence-corrected chi connectivity index (χ2v) is 5.90. The smallest absolute Gasteiger partial charge is 0.122 e. The Bertz CT molecular complexity index is 421. The van der Waals surface area contributed by atoms with E-state index in [2.05, 4.69) is 44.3 Å². The summed E-state index contributed by atoms with van der Waals surface area (Å²) in [6, 6.07) is 6.52. The lowest BCUT2D eigenvalue weighted by Crippen LogP contribution is -2.37. The van der Waals surface area contributed by atoms with Crippen LogP contribution in [0.2, 0.25) is 0 Å². The van der Waals surface area contributed by atoms with Gasteiger partial charge in [-0.3, -0.25) is 0 Å². The van der Waals surface area contributed by atoms with Crippen molar-refractivity contribution in [3.8, 4) is 5.75 Å². The van der Waals surface area contributed by atoms with Gasteiger partial charge < -0.3 is 14.8 Å². The molecule has 1 aliphatic rings. The fraction of sp³-hybridized carbons (Fsp3) is 0.625. The van der Waals surface area contributed by atoms with Crippen molar-refractivity contribution in [1.82, 2.24) is 5.32 Å². The molecule has 1 heterocycles. The van der Waals surface area contributed by atoms with Crippen LogP contribution in [0.4, 0.5) is 0 Å². The fourth-order valence-electron chi connectivity index (χ4n) is 2.59. The van der Waals surface area contributed by atoms with Gasteiger partial charge in [-0.25, -0.2) is 0 Å². The highest BCUT2D eigenvalue weighted by Crippen LogP contribution is 2.35. The van der Waals surface area contributed by atoms with Crippen LogP contribution in [-0.2, 0) is 10.2 Å². The number of hydrogen-bond donors (Lipinski definition) is 1. The van der Waals surface area contributed by atoms with Gasteiger partial charge in [-0.15, -0.1) is 0 Å². The van der Waals surface area contributed by atoms with Gasteiger partial charge in [-0.05, 0) is 17.5 Å². The topological polar surface area (TPSA) is 30.5 Å². The maximum atomic E-state index is 5.75. The molecule has 0 saturated carbocycles. The number of hydrogen-bond acceptors (Lipinski definition) is 3. The molecule has 1 atom stereocenters. The number of nitrogens with one attached hydrogen (secondary N) is 1. The average molecular weight is 263 g/mol. The molecule has 1 aromatic carbocycles. The van der Waals surface area contributed by atoms with Crippen molar-refractivity contribution in [2.75, 3.05) is 33.4 Å². The largest absolute Gasteiger partial charge is 0.496 e. The summed E-state index contributed by atoms with van der Waals surface area (Å²) in [5, 5.41) is 3.46. The predicted octanol–water partition coefficient (Wildman–Crippen LogP) is 2.70. The first kappa shape index (κ1) is 14.4. The fourth-order valence-corrected chi connectivity index (χ4v) is 2.59. The van der Waals surface area contributed by atoms with Crippen LogP contribution in [0.3, 0.4) is 0 Å². The first-order chi connectivity index (χ1) is 9.07. The van der Waals surface area contributed by atoms with Gasteiger partial charge in [0.25, 0.3) is 0 Å². The SMILES string of the molecule is COc1ccc(C(C)C)cc1C1(C)CNCCOC1. The van der Waals surface area contributed by atoms with Gasteiger partial charge in [0.05, 0.1) is 20.3 Å². The van der Waals surface area contributed by atoms with Gasteiger partial charge in [0.15, 0.2) is 0 Å². The number of methoxy groups -OCH3 is 1. The van der Waals surface area contributed by atoms with Crippen LogP contribution in [0.1, 0.15) is 37.8 Å². The molecule has 1 N–H and O–H groups in total. The minimum Gasteiger partial charge on any atom is -0.496 e. The molecule has 1 fully saturated rings. The average Bonchev–Trinajstić information content (AvgIpc) is 2.63. The Balaban J connectivity index is 2.42. The van der Waals surface area contributed by atoms with Gasteiger partial charge in [-0.2, -0.15) is 0 Å². The predicted molar refractivity (Wildman–Crippen MR) is 78.1 cm³/mol. The molecule has 0 radical (unpaired) electrons. The molecular formula is C16H25NO2. The van der Waals surface area contributed by atoms with Crippen molar-refractivity contribution in [1.29, 1.82) is 0 Å². The second-order valence-electron chi connectivity index (χ2n) is 5.90. The molecule has 1 saturated heterocycles. The summed E-state index contributed by atoms with van der Waals surface area (Å²) in [6.07, 6.45) is 0. The first-order valence-corrected chi connectivity index (χ1v) is 7.04. The molecule has 0 aliphatic carbocycles. The minimum atomic E-state index is -0.0350. The Morgan fingerprint density at radius 3 is 2.84 bits per heavy atom. The van der Waals surface area contributed by atoms with Gasteiger partial charge in [0.2, 0.25) is 0 Å². The normalized spacial score (nSPS) is 24.3. The minimum absolute atomic E-state index is 0.0350. The highest BCUT2D eigenvalue weighted by atomic mass is 16.5. The van der Waals surface area contributed by atoms with Gasteiger partial charge in [0.1, 0.15) is 5.75 Å². The van der Waals surface area contributed by atoms with Crippen molar-refractivity contribution in [2.45, 2.75) is 32.1 Å². The zero-order chi connectivity index (χ0) is 13.9. The van der Waals surface area contributed by atoms with Crippen molar-refractivity contribution in [2.24, 2.45) is 0 Å². The van der Waals surface area contributed by atoms with Crippen LogP contribution < -0.4 is 10.1 Å². The van der Waals surface area contributed by atoms with E-state index < -0.39 is 0 Å². The van der Waals surface area contributed by atoms with E-state index in [1.807, 2.05) is 0 Å². The van der Waals surface area contributed by atoms with Crippen LogP contribution in [0, 0.1) is 0 Å². The quantitative estimate of drug-likeness (QED) is 0.909. The van der Waals surface area contributed by atoms with Crippen LogP contribution in [-0.4, -0.2) is 33.4 Å². The zero-order valence-electron chi connectivity index (χ0n) is 12.5. The molecule has 0 amide bonds. The Kier molecular flexibility index (Phi) is 4.48. The van der Waals surface area contributed by atoms with E-state index in [4.69, 9.17) is 9.47 Å². The summed E-state index contributed by atoms with van der Waals surface area (Å²) in [5.74, 6) is 1.48. The number of ether oxygens (including phenoxy) is 2. The first-order valence-electron chi connectivity index (χ1n) is 7.04. The summed E-state index contributed by atoms with van der Waals surface area (Å²) in [7, 11) is 1.74. The summed E-state index contributed by atoms with van der Waals surface area (Å²) < 4.78 is 11.3. The van der Waals surface area contributed by atoms with Gasteiger partial charge >= 0.3 is 0 Å². The molecule has 0 aromatic heterocycles. The Labute approximate surface area is 116 Å².